The van der Waals surface area contributed by atoms with E-state index >= 15 is 0 Å². The first-order valence-electron chi connectivity index (χ1n) is 6.43. The molecule has 1 aromatic rings. The number of benzene rings is 1. The monoisotopic (exact) mass is 268 g/mol. The summed E-state index contributed by atoms with van der Waals surface area (Å²) in [7, 11) is 5.18. The van der Waals surface area contributed by atoms with E-state index in [0.29, 0.717) is 25.3 Å². The topological polar surface area (TPSA) is 33.7 Å². The van der Waals surface area contributed by atoms with Crippen LogP contribution in [0.3, 0.4) is 0 Å². The number of halogens is 1. The second-order valence-corrected chi connectivity index (χ2v) is 4.73. The van der Waals surface area contributed by atoms with Crippen LogP contribution in [0.4, 0.5) is 10.1 Å². The van der Waals surface area contributed by atoms with Gasteiger partial charge >= 0.3 is 0 Å². The van der Waals surface area contributed by atoms with Gasteiger partial charge in [0.25, 0.3) is 0 Å². The molecule has 5 heteroatoms. The quantitative estimate of drug-likeness (QED) is 0.875. The molecule has 1 aliphatic heterocycles. The fourth-order valence-electron chi connectivity index (χ4n) is 2.63. The molecule has 1 aliphatic rings. The number of para-hydroxylation sites is 1. The van der Waals surface area contributed by atoms with Gasteiger partial charge in [-0.05, 0) is 18.7 Å². The molecule has 0 saturated carbocycles. The van der Waals surface area contributed by atoms with Gasteiger partial charge in [-0.2, -0.15) is 0 Å². The van der Waals surface area contributed by atoms with Crippen molar-refractivity contribution in [1.29, 1.82) is 0 Å². The second-order valence-electron chi connectivity index (χ2n) is 4.73. The smallest absolute Gasteiger partial charge is 0.146 e. The van der Waals surface area contributed by atoms with Crippen molar-refractivity contribution < 1.29 is 13.9 Å². The SMILES string of the molecule is CNCc1cccc(F)c1N1CC(OC)C(OC)C1. The molecule has 2 atom stereocenters. The largest absolute Gasteiger partial charge is 0.377 e. The molecule has 2 unspecified atom stereocenters. The van der Waals surface area contributed by atoms with Crippen molar-refractivity contribution in [2.75, 3.05) is 39.3 Å². The number of rotatable bonds is 5. The number of nitrogens with one attached hydrogen (secondary N) is 1. The number of methoxy groups -OCH3 is 2. The van der Waals surface area contributed by atoms with Crippen molar-refractivity contribution in [2.45, 2.75) is 18.8 Å². The second kappa shape index (κ2) is 6.32. The third kappa shape index (κ3) is 2.88. The van der Waals surface area contributed by atoms with Crippen molar-refractivity contribution in [2.24, 2.45) is 0 Å². The molecule has 19 heavy (non-hydrogen) atoms. The van der Waals surface area contributed by atoms with E-state index < -0.39 is 0 Å². The van der Waals surface area contributed by atoms with Crippen LogP contribution in [0.2, 0.25) is 0 Å². The van der Waals surface area contributed by atoms with E-state index in [1.165, 1.54) is 6.07 Å². The minimum atomic E-state index is -0.195. The van der Waals surface area contributed by atoms with E-state index in [0.717, 1.165) is 5.56 Å². The maximum Gasteiger partial charge on any atom is 0.146 e. The van der Waals surface area contributed by atoms with Crippen LogP contribution in [0.25, 0.3) is 0 Å². The van der Waals surface area contributed by atoms with Gasteiger partial charge in [0.15, 0.2) is 0 Å². The number of hydrogen-bond donors (Lipinski definition) is 1. The first kappa shape index (κ1) is 14.2. The highest BCUT2D eigenvalue weighted by molar-refractivity contribution is 5.56. The van der Waals surface area contributed by atoms with E-state index in [1.54, 1.807) is 20.3 Å². The summed E-state index contributed by atoms with van der Waals surface area (Å²) in [6.07, 6.45) is -0.0425. The molecular formula is C14H21FN2O2. The molecule has 0 aromatic heterocycles. The van der Waals surface area contributed by atoms with Gasteiger partial charge in [-0.1, -0.05) is 12.1 Å². The van der Waals surface area contributed by atoms with Crippen molar-refractivity contribution in [1.82, 2.24) is 5.32 Å². The zero-order valence-corrected chi connectivity index (χ0v) is 11.6. The third-order valence-electron chi connectivity index (χ3n) is 3.57. The predicted molar refractivity (Wildman–Crippen MR) is 73.0 cm³/mol. The molecule has 1 saturated heterocycles. The molecule has 0 bridgehead atoms. The minimum absolute atomic E-state index is 0.0213. The maximum absolute atomic E-state index is 14.1. The summed E-state index contributed by atoms with van der Waals surface area (Å²) in [6.45, 7) is 1.93. The highest BCUT2D eigenvalue weighted by atomic mass is 19.1. The molecule has 4 nitrogen and oxygen atoms in total. The van der Waals surface area contributed by atoms with Crippen LogP contribution < -0.4 is 10.2 Å². The van der Waals surface area contributed by atoms with Gasteiger partial charge in [-0.15, -0.1) is 0 Å². The Labute approximate surface area is 113 Å². The van der Waals surface area contributed by atoms with E-state index in [-0.39, 0.29) is 18.0 Å². The van der Waals surface area contributed by atoms with Gasteiger partial charge < -0.3 is 19.7 Å². The fourth-order valence-corrected chi connectivity index (χ4v) is 2.63. The molecule has 0 spiro atoms. The van der Waals surface area contributed by atoms with Crippen LogP contribution in [0, 0.1) is 5.82 Å². The Morgan fingerprint density at radius 2 is 1.89 bits per heavy atom. The standard InChI is InChI=1S/C14H21FN2O2/c1-16-7-10-5-4-6-11(15)14(10)17-8-12(18-2)13(9-17)19-3/h4-6,12-13,16H,7-9H2,1-3H3. The Kier molecular flexibility index (Phi) is 4.74. The lowest BCUT2D eigenvalue weighted by atomic mass is 10.1. The van der Waals surface area contributed by atoms with Gasteiger partial charge in [0.2, 0.25) is 0 Å². The first-order valence-corrected chi connectivity index (χ1v) is 6.43. The van der Waals surface area contributed by atoms with Crippen LogP contribution in [0.1, 0.15) is 5.56 Å². The molecule has 1 aromatic carbocycles. The van der Waals surface area contributed by atoms with Gasteiger partial charge in [0.1, 0.15) is 18.0 Å². The Morgan fingerprint density at radius 1 is 1.26 bits per heavy atom. The predicted octanol–water partition coefficient (Wildman–Crippen LogP) is 1.40. The molecule has 0 radical (unpaired) electrons. The molecule has 2 rings (SSSR count). The highest BCUT2D eigenvalue weighted by Crippen LogP contribution is 2.29. The average molecular weight is 268 g/mol. The number of anilines is 1. The number of nitrogens with zero attached hydrogens (tertiary/aromatic N) is 1. The lowest BCUT2D eigenvalue weighted by Crippen LogP contribution is -2.27. The highest BCUT2D eigenvalue weighted by Gasteiger charge is 2.34. The Hall–Kier alpha value is -1.17. The van der Waals surface area contributed by atoms with Crippen LogP contribution in [0.5, 0.6) is 0 Å². The van der Waals surface area contributed by atoms with Gasteiger partial charge in [-0.25, -0.2) is 4.39 Å². The van der Waals surface area contributed by atoms with Crippen molar-refractivity contribution in [3.05, 3.63) is 29.6 Å². The normalized spacial score (nSPS) is 23.1. The first-order chi connectivity index (χ1) is 9.21. The van der Waals surface area contributed by atoms with Crippen molar-refractivity contribution in [3.63, 3.8) is 0 Å². The molecule has 106 valence electrons. The van der Waals surface area contributed by atoms with Crippen LogP contribution in [0.15, 0.2) is 18.2 Å². The molecule has 0 amide bonds. The third-order valence-corrected chi connectivity index (χ3v) is 3.57. The number of hydrogen-bond acceptors (Lipinski definition) is 4. The lowest BCUT2D eigenvalue weighted by molar-refractivity contribution is -0.00461. The van der Waals surface area contributed by atoms with E-state index in [1.807, 2.05) is 18.0 Å². The van der Waals surface area contributed by atoms with Crippen LogP contribution in [-0.2, 0) is 16.0 Å². The van der Waals surface area contributed by atoms with Crippen LogP contribution in [-0.4, -0.2) is 46.6 Å². The number of ether oxygens (including phenoxy) is 2. The minimum Gasteiger partial charge on any atom is -0.377 e. The summed E-state index contributed by atoms with van der Waals surface area (Å²) in [4.78, 5) is 2.00. The Bertz CT molecular complexity index is 416. The maximum atomic E-state index is 14.1. The fraction of sp³-hybridized carbons (Fsp3) is 0.571. The summed E-state index contributed by atoms with van der Waals surface area (Å²) >= 11 is 0. The molecule has 1 heterocycles. The Balaban J connectivity index is 2.27. The van der Waals surface area contributed by atoms with Crippen molar-refractivity contribution in [3.8, 4) is 0 Å². The van der Waals surface area contributed by atoms with Gasteiger partial charge in [0, 0.05) is 33.9 Å². The molecular weight excluding hydrogens is 247 g/mol. The lowest BCUT2D eigenvalue weighted by Gasteiger charge is -2.22. The van der Waals surface area contributed by atoms with Crippen LogP contribution >= 0.6 is 0 Å². The summed E-state index contributed by atoms with van der Waals surface area (Å²) in [6, 6.07) is 5.18. The summed E-state index contributed by atoms with van der Waals surface area (Å²) < 4.78 is 24.9. The average Bonchev–Trinajstić information content (AvgIpc) is 2.82. The molecule has 0 aliphatic carbocycles. The summed E-state index contributed by atoms with van der Waals surface area (Å²) in [5.74, 6) is -0.195. The van der Waals surface area contributed by atoms with Crippen molar-refractivity contribution >= 4 is 5.69 Å². The van der Waals surface area contributed by atoms with Gasteiger partial charge in [0.05, 0.1) is 5.69 Å². The van der Waals surface area contributed by atoms with E-state index in [2.05, 4.69) is 5.32 Å². The zero-order chi connectivity index (χ0) is 13.8. The van der Waals surface area contributed by atoms with E-state index in [9.17, 15) is 4.39 Å². The summed E-state index contributed by atoms with van der Waals surface area (Å²) in [5, 5.41) is 3.07. The molecule has 1 fully saturated rings. The Morgan fingerprint density at radius 3 is 2.42 bits per heavy atom. The molecule has 1 N–H and O–H groups in total. The summed E-state index contributed by atoms with van der Waals surface area (Å²) in [5.41, 5.74) is 1.60. The van der Waals surface area contributed by atoms with E-state index in [4.69, 9.17) is 9.47 Å². The zero-order valence-electron chi connectivity index (χ0n) is 11.6. The van der Waals surface area contributed by atoms with Gasteiger partial charge in [-0.3, -0.25) is 0 Å².